The second-order valence-electron chi connectivity index (χ2n) is 5.79. The van der Waals surface area contributed by atoms with Crippen molar-refractivity contribution in [1.82, 2.24) is 9.97 Å². The molecule has 26 heavy (non-hydrogen) atoms. The van der Waals surface area contributed by atoms with E-state index in [-0.39, 0.29) is 4.88 Å². The van der Waals surface area contributed by atoms with Crippen molar-refractivity contribution in [3.63, 3.8) is 0 Å². The Kier molecular flexibility index (Phi) is 5.43. The Bertz CT molecular complexity index is 926. The summed E-state index contributed by atoms with van der Waals surface area (Å²) < 4.78 is 5.94. The first-order valence-corrected chi connectivity index (χ1v) is 8.86. The molecule has 3 rings (SSSR count). The Balaban J connectivity index is 1.73. The van der Waals surface area contributed by atoms with Crippen molar-refractivity contribution in [1.29, 1.82) is 0 Å². The lowest BCUT2D eigenvalue weighted by Crippen LogP contribution is -2.01. The number of carbonyl (C=O) groups is 1. The van der Waals surface area contributed by atoms with Crippen LogP contribution in [-0.4, -0.2) is 21.0 Å². The highest BCUT2D eigenvalue weighted by molar-refractivity contribution is 7.14. The van der Waals surface area contributed by atoms with Gasteiger partial charge in [-0.2, -0.15) is 0 Å². The summed E-state index contributed by atoms with van der Waals surface area (Å²) in [5.41, 5.74) is 3.96. The molecule has 0 fully saturated rings. The van der Waals surface area contributed by atoms with Crippen LogP contribution in [0.5, 0.6) is 5.75 Å². The number of ether oxygens (including phenoxy) is 1. The van der Waals surface area contributed by atoms with Crippen LogP contribution in [0.4, 0.5) is 0 Å². The zero-order chi connectivity index (χ0) is 18.5. The minimum atomic E-state index is -0.955. The zero-order valence-electron chi connectivity index (χ0n) is 14.5. The lowest BCUT2D eigenvalue weighted by atomic mass is 10.1. The molecule has 0 saturated heterocycles. The van der Waals surface area contributed by atoms with Gasteiger partial charge in [-0.3, -0.25) is 4.98 Å². The molecule has 0 spiro atoms. The Morgan fingerprint density at radius 1 is 1.19 bits per heavy atom. The molecule has 2 heterocycles. The van der Waals surface area contributed by atoms with Crippen LogP contribution in [0.15, 0.2) is 42.7 Å². The van der Waals surface area contributed by atoms with Crippen molar-refractivity contribution in [3.05, 3.63) is 75.0 Å². The number of hydrogen-bond donors (Lipinski definition) is 1. The fraction of sp³-hybridized carbons (Fsp3) is 0.150. The van der Waals surface area contributed by atoms with Gasteiger partial charge in [0, 0.05) is 6.20 Å². The molecule has 6 heteroatoms. The third kappa shape index (κ3) is 4.34. The average molecular weight is 366 g/mol. The molecule has 0 atom stereocenters. The summed E-state index contributed by atoms with van der Waals surface area (Å²) in [5, 5.41) is 9.61. The molecule has 1 aromatic carbocycles. The fourth-order valence-corrected chi connectivity index (χ4v) is 3.23. The SMILES string of the molecule is Cc1cc(C=Cc2ncc(C(=O)O)s2)cc(C)c1OCc1ccccn1. The van der Waals surface area contributed by atoms with E-state index in [1.54, 1.807) is 6.20 Å². The minimum Gasteiger partial charge on any atom is -0.487 e. The standard InChI is InChI=1S/C20H18N2O3S/c1-13-9-15(6-7-18-22-11-17(26-18)20(23)24)10-14(2)19(13)25-12-16-5-3-4-8-21-16/h3-11H,12H2,1-2H3,(H,23,24). The summed E-state index contributed by atoms with van der Waals surface area (Å²) >= 11 is 1.15. The monoisotopic (exact) mass is 366 g/mol. The van der Waals surface area contributed by atoms with Gasteiger partial charge >= 0.3 is 5.97 Å². The fourth-order valence-electron chi connectivity index (χ4n) is 2.57. The van der Waals surface area contributed by atoms with Crippen LogP contribution in [0, 0.1) is 13.8 Å². The highest BCUT2D eigenvalue weighted by atomic mass is 32.1. The number of carboxylic acids is 1. The summed E-state index contributed by atoms with van der Waals surface area (Å²) in [7, 11) is 0. The summed E-state index contributed by atoms with van der Waals surface area (Å²) in [5.74, 6) is -0.0986. The van der Waals surface area contributed by atoms with Crippen LogP contribution in [0.25, 0.3) is 12.2 Å². The summed E-state index contributed by atoms with van der Waals surface area (Å²) in [6, 6.07) is 9.81. The number of hydrogen-bond acceptors (Lipinski definition) is 5. The van der Waals surface area contributed by atoms with Gasteiger partial charge in [0.05, 0.1) is 11.9 Å². The number of thiazole rings is 1. The van der Waals surface area contributed by atoms with E-state index in [1.165, 1.54) is 6.20 Å². The van der Waals surface area contributed by atoms with E-state index < -0.39 is 5.97 Å². The number of aryl methyl sites for hydroxylation is 2. The highest BCUT2D eigenvalue weighted by Gasteiger charge is 2.08. The van der Waals surface area contributed by atoms with Gasteiger partial charge < -0.3 is 9.84 Å². The van der Waals surface area contributed by atoms with Crippen LogP contribution in [0.2, 0.25) is 0 Å². The molecule has 0 aliphatic heterocycles. The number of nitrogens with zero attached hydrogens (tertiary/aromatic N) is 2. The Hall–Kier alpha value is -2.99. The second kappa shape index (κ2) is 7.93. The summed E-state index contributed by atoms with van der Waals surface area (Å²) in [6.07, 6.45) is 6.87. The molecule has 3 aromatic rings. The molecular weight excluding hydrogens is 348 g/mol. The molecular formula is C20H18N2O3S. The molecule has 0 aliphatic rings. The van der Waals surface area contributed by atoms with Gasteiger partial charge in [0.15, 0.2) is 0 Å². The lowest BCUT2D eigenvalue weighted by molar-refractivity contribution is 0.0702. The number of aromatic nitrogens is 2. The molecule has 2 aromatic heterocycles. The second-order valence-corrected chi connectivity index (χ2v) is 6.86. The molecule has 0 saturated carbocycles. The van der Waals surface area contributed by atoms with Gasteiger partial charge in [-0.1, -0.05) is 12.1 Å². The maximum Gasteiger partial charge on any atom is 0.347 e. The Morgan fingerprint density at radius 2 is 1.96 bits per heavy atom. The number of benzene rings is 1. The van der Waals surface area contributed by atoms with Crippen molar-refractivity contribution in [2.24, 2.45) is 0 Å². The van der Waals surface area contributed by atoms with Crippen molar-refractivity contribution in [2.75, 3.05) is 0 Å². The van der Waals surface area contributed by atoms with E-state index in [2.05, 4.69) is 9.97 Å². The third-order valence-corrected chi connectivity index (χ3v) is 4.68. The molecule has 0 amide bonds. The van der Waals surface area contributed by atoms with Crippen molar-refractivity contribution in [2.45, 2.75) is 20.5 Å². The summed E-state index contributed by atoms with van der Waals surface area (Å²) in [6.45, 7) is 4.43. The predicted octanol–water partition coefficient (Wildman–Crippen LogP) is 4.60. The Morgan fingerprint density at radius 3 is 2.58 bits per heavy atom. The van der Waals surface area contributed by atoms with Gasteiger partial charge in [0.1, 0.15) is 22.2 Å². The maximum atomic E-state index is 10.9. The van der Waals surface area contributed by atoms with Gasteiger partial charge in [-0.05, 0) is 60.9 Å². The quantitative estimate of drug-likeness (QED) is 0.690. The van der Waals surface area contributed by atoms with Crippen LogP contribution >= 0.6 is 11.3 Å². The Labute approximate surface area is 155 Å². The lowest BCUT2D eigenvalue weighted by Gasteiger charge is -2.13. The van der Waals surface area contributed by atoms with Crippen molar-refractivity contribution in [3.8, 4) is 5.75 Å². The smallest absolute Gasteiger partial charge is 0.347 e. The highest BCUT2D eigenvalue weighted by Crippen LogP contribution is 2.27. The van der Waals surface area contributed by atoms with Crippen molar-refractivity contribution < 1.29 is 14.6 Å². The van der Waals surface area contributed by atoms with E-state index in [1.807, 2.05) is 56.3 Å². The maximum absolute atomic E-state index is 10.9. The van der Waals surface area contributed by atoms with E-state index in [0.29, 0.717) is 11.6 Å². The topological polar surface area (TPSA) is 72.3 Å². The van der Waals surface area contributed by atoms with Crippen LogP contribution in [0.3, 0.4) is 0 Å². The minimum absolute atomic E-state index is 0.232. The van der Waals surface area contributed by atoms with Gasteiger partial charge in [0.25, 0.3) is 0 Å². The van der Waals surface area contributed by atoms with E-state index in [9.17, 15) is 4.79 Å². The van der Waals surface area contributed by atoms with Crippen molar-refractivity contribution >= 4 is 29.5 Å². The van der Waals surface area contributed by atoms with Crippen LogP contribution < -0.4 is 4.74 Å². The van der Waals surface area contributed by atoms with Crippen LogP contribution in [0.1, 0.15) is 37.1 Å². The first-order chi connectivity index (χ1) is 12.5. The number of aromatic carboxylic acids is 1. The number of rotatable bonds is 6. The van der Waals surface area contributed by atoms with E-state index in [4.69, 9.17) is 9.84 Å². The number of carboxylic acid groups (broad SMARTS) is 1. The van der Waals surface area contributed by atoms with Gasteiger partial charge in [0.2, 0.25) is 0 Å². The molecule has 132 valence electrons. The largest absolute Gasteiger partial charge is 0.487 e. The normalized spacial score (nSPS) is 11.0. The first-order valence-electron chi connectivity index (χ1n) is 8.04. The molecule has 0 radical (unpaired) electrons. The molecule has 0 unspecified atom stereocenters. The molecule has 1 N–H and O–H groups in total. The van der Waals surface area contributed by atoms with E-state index >= 15 is 0 Å². The molecule has 0 bridgehead atoms. The first kappa shape index (κ1) is 17.8. The molecule has 5 nitrogen and oxygen atoms in total. The predicted molar refractivity (Wildman–Crippen MR) is 102 cm³/mol. The number of pyridine rings is 1. The van der Waals surface area contributed by atoms with E-state index in [0.717, 1.165) is 39.5 Å². The van der Waals surface area contributed by atoms with Gasteiger partial charge in [-0.25, -0.2) is 9.78 Å². The zero-order valence-corrected chi connectivity index (χ0v) is 15.3. The third-order valence-electron chi connectivity index (χ3n) is 3.73. The van der Waals surface area contributed by atoms with Crippen LogP contribution in [-0.2, 0) is 6.61 Å². The average Bonchev–Trinajstić information content (AvgIpc) is 3.09. The van der Waals surface area contributed by atoms with Gasteiger partial charge in [-0.15, -0.1) is 11.3 Å². The summed E-state index contributed by atoms with van der Waals surface area (Å²) in [4.78, 5) is 19.5. The molecule has 0 aliphatic carbocycles.